The predicted molar refractivity (Wildman–Crippen MR) is 260 cm³/mol. The summed E-state index contributed by atoms with van der Waals surface area (Å²) in [5.41, 5.74) is 0. The number of ether oxygens (including phenoxy) is 3. The first-order chi connectivity index (χ1) is 29.6. The highest BCUT2D eigenvalue weighted by Gasteiger charge is 2.17. The van der Waals surface area contributed by atoms with E-state index in [2.05, 4.69) is 106 Å². The van der Waals surface area contributed by atoms with Crippen LogP contribution in [0.25, 0.3) is 0 Å². The minimum Gasteiger partial charge on any atom is -0.462 e. The van der Waals surface area contributed by atoms with Crippen LogP contribution in [0, 0.1) is 0 Å². The molecule has 60 heavy (non-hydrogen) atoms. The molecule has 0 bridgehead atoms. The van der Waals surface area contributed by atoms with E-state index in [1.54, 1.807) is 0 Å². The molecule has 0 rings (SSSR count). The fraction of sp³-hybridized carbons (Fsp3) is 0.709. The van der Waals surface area contributed by atoms with Crippen molar-refractivity contribution in [3.05, 3.63) is 85.1 Å². The summed E-state index contributed by atoms with van der Waals surface area (Å²) in [6, 6.07) is 0. The van der Waals surface area contributed by atoms with Crippen LogP contribution in [0.5, 0.6) is 0 Å². The predicted octanol–water partition coefficient (Wildman–Crippen LogP) is 16.9. The maximum atomic E-state index is 12.7. The van der Waals surface area contributed by atoms with Crippen LogP contribution in [0.3, 0.4) is 0 Å². The lowest BCUT2D eigenvalue weighted by atomic mass is 10.1. The van der Waals surface area contributed by atoms with Gasteiger partial charge in [-0.3, -0.25) is 9.59 Å². The number of unbranched alkanes of at least 4 members (excludes halogenated alkanes) is 20. The molecular formula is C55H94O5. The van der Waals surface area contributed by atoms with E-state index in [0.717, 1.165) is 96.3 Å². The topological polar surface area (TPSA) is 61.8 Å². The third-order valence-electron chi connectivity index (χ3n) is 10.4. The van der Waals surface area contributed by atoms with E-state index in [-0.39, 0.29) is 25.2 Å². The largest absolute Gasteiger partial charge is 0.462 e. The molecule has 0 saturated carbocycles. The molecule has 0 radical (unpaired) electrons. The van der Waals surface area contributed by atoms with Gasteiger partial charge >= 0.3 is 11.9 Å². The summed E-state index contributed by atoms with van der Waals surface area (Å²) in [5, 5.41) is 0. The quantitative estimate of drug-likeness (QED) is 0.0347. The maximum Gasteiger partial charge on any atom is 0.306 e. The van der Waals surface area contributed by atoms with Gasteiger partial charge in [0, 0.05) is 19.4 Å². The van der Waals surface area contributed by atoms with Gasteiger partial charge in [0.05, 0.1) is 6.61 Å². The normalized spacial score (nSPS) is 12.9. The molecule has 1 unspecified atom stereocenters. The Labute approximate surface area is 371 Å². The lowest BCUT2D eigenvalue weighted by molar-refractivity contribution is -0.163. The molecule has 0 fully saturated rings. The van der Waals surface area contributed by atoms with E-state index < -0.39 is 6.10 Å². The highest BCUT2D eigenvalue weighted by atomic mass is 16.6. The second-order valence-corrected chi connectivity index (χ2v) is 16.3. The van der Waals surface area contributed by atoms with E-state index in [4.69, 9.17) is 14.2 Å². The van der Waals surface area contributed by atoms with E-state index >= 15 is 0 Å². The van der Waals surface area contributed by atoms with Crippen LogP contribution in [0.2, 0.25) is 0 Å². The van der Waals surface area contributed by atoms with Gasteiger partial charge in [0.25, 0.3) is 0 Å². The van der Waals surface area contributed by atoms with Crippen molar-refractivity contribution >= 4 is 11.9 Å². The monoisotopic (exact) mass is 835 g/mol. The molecule has 0 saturated heterocycles. The van der Waals surface area contributed by atoms with Crippen LogP contribution in [-0.2, 0) is 23.8 Å². The molecule has 0 aliphatic heterocycles. The highest BCUT2D eigenvalue weighted by Crippen LogP contribution is 2.12. The minimum absolute atomic E-state index is 0.0591. The lowest BCUT2D eigenvalue weighted by Gasteiger charge is -2.18. The molecule has 5 nitrogen and oxygen atoms in total. The van der Waals surface area contributed by atoms with Crippen molar-refractivity contribution in [1.82, 2.24) is 0 Å². The molecule has 0 aromatic heterocycles. The van der Waals surface area contributed by atoms with E-state index in [1.165, 1.54) is 96.3 Å². The molecule has 0 N–H and O–H groups in total. The average Bonchev–Trinajstić information content (AvgIpc) is 3.25. The first-order valence-electron chi connectivity index (χ1n) is 25.1. The van der Waals surface area contributed by atoms with Gasteiger partial charge in [-0.2, -0.15) is 0 Å². The number of hydrogen-bond donors (Lipinski definition) is 0. The summed E-state index contributed by atoms with van der Waals surface area (Å²) < 4.78 is 17.3. The Morgan fingerprint density at radius 3 is 1.28 bits per heavy atom. The summed E-state index contributed by atoms with van der Waals surface area (Å²) >= 11 is 0. The lowest BCUT2D eigenvalue weighted by Crippen LogP contribution is -2.30. The van der Waals surface area contributed by atoms with Gasteiger partial charge in [-0.25, -0.2) is 0 Å². The van der Waals surface area contributed by atoms with Crippen molar-refractivity contribution in [3.8, 4) is 0 Å². The zero-order valence-corrected chi connectivity index (χ0v) is 39.5. The molecule has 0 aromatic rings. The summed E-state index contributed by atoms with van der Waals surface area (Å²) in [6.45, 7) is 7.61. The van der Waals surface area contributed by atoms with Crippen molar-refractivity contribution in [2.45, 2.75) is 232 Å². The van der Waals surface area contributed by atoms with Crippen LogP contribution in [-0.4, -0.2) is 37.9 Å². The molecule has 344 valence electrons. The summed E-state index contributed by atoms with van der Waals surface area (Å²) in [4.78, 5) is 25.3. The summed E-state index contributed by atoms with van der Waals surface area (Å²) in [5.74, 6) is -0.450. The van der Waals surface area contributed by atoms with Crippen molar-refractivity contribution in [3.63, 3.8) is 0 Å². The number of rotatable bonds is 45. The van der Waals surface area contributed by atoms with Crippen LogP contribution >= 0.6 is 0 Å². The van der Waals surface area contributed by atoms with Crippen LogP contribution in [0.1, 0.15) is 226 Å². The van der Waals surface area contributed by atoms with Gasteiger partial charge in [-0.05, 0) is 109 Å². The Balaban J connectivity index is 4.32. The number of carbonyl (C=O) groups excluding carboxylic acids is 2. The van der Waals surface area contributed by atoms with Crippen LogP contribution in [0.15, 0.2) is 85.1 Å². The Hall–Kier alpha value is -2.92. The number of carbonyl (C=O) groups is 2. The molecule has 0 spiro atoms. The van der Waals surface area contributed by atoms with Crippen LogP contribution in [0.4, 0.5) is 0 Å². The van der Waals surface area contributed by atoms with E-state index in [9.17, 15) is 9.59 Å². The highest BCUT2D eigenvalue weighted by molar-refractivity contribution is 5.70. The van der Waals surface area contributed by atoms with Gasteiger partial charge in [-0.15, -0.1) is 0 Å². The fourth-order valence-corrected chi connectivity index (χ4v) is 6.63. The van der Waals surface area contributed by atoms with Gasteiger partial charge in [-0.1, -0.05) is 189 Å². The Bertz CT molecular complexity index is 1130. The first-order valence-corrected chi connectivity index (χ1v) is 25.1. The van der Waals surface area contributed by atoms with Crippen molar-refractivity contribution < 1.29 is 23.8 Å². The van der Waals surface area contributed by atoms with Crippen LogP contribution < -0.4 is 0 Å². The average molecular weight is 835 g/mol. The number of allylic oxidation sites excluding steroid dienone is 14. The molecular weight excluding hydrogens is 741 g/mol. The second-order valence-electron chi connectivity index (χ2n) is 16.3. The summed E-state index contributed by atoms with van der Waals surface area (Å²) in [6.07, 6.45) is 65.9. The molecule has 1 atom stereocenters. The van der Waals surface area contributed by atoms with Gasteiger partial charge in [0.2, 0.25) is 0 Å². The Morgan fingerprint density at radius 2 is 0.767 bits per heavy atom. The van der Waals surface area contributed by atoms with E-state index in [1.807, 2.05) is 0 Å². The third-order valence-corrected chi connectivity index (χ3v) is 10.4. The van der Waals surface area contributed by atoms with Gasteiger partial charge in [0.1, 0.15) is 6.61 Å². The zero-order chi connectivity index (χ0) is 43.5. The molecule has 0 aromatic carbocycles. The fourth-order valence-electron chi connectivity index (χ4n) is 6.63. The smallest absolute Gasteiger partial charge is 0.306 e. The van der Waals surface area contributed by atoms with Gasteiger partial charge in [0.15, 0.2) is 6.10 Å². The second kappa shape index (κ2) is 50.4. The number of esters is 2. The SMILES string of the molecule is CC/C=C\C/C=C\C/C=C\C/C=C\C/C=C\CCCCCC(=O)OCC(COCCCCCCCC/C=C\CCCCCC)OC(=O)CCCCCCC/C=C\CCCC. The van der Waals surface area contributed by atoms with Gasteiger partial charge < -0.3 is 14.2 Å². The molecule has 5 heteroatoms. The Morgan fingerprint density at radius 1 is 0.383 bits per heavy atom. The third kappa shape index (κ3) is 47.8. The Kier molecular flexibility index (Phi) is 48.0. The molecule has 0 aliphatic carbocycles. The van der Waals surface area contributed by atoms with E-state index in [0.29, 0.717) is 19.4 Å². The first kappa shape index (κ1) is 57.1. The minimum atomic E-state index is -0.559. The van der Waals surface area contributed by atoms with Crippen molar-refractivity contribution in [2.24, 2.45) is 0 Å². The molecule has 0 aliphatic rings. The standard InChI is InChI=1S/C55H94O5/c1-4-7-10-13-16-19-22-24-26-27-28-29-30-31-34-36-39-42-45-48-54(56)59-52-53(60-55(57)49-46-43-40-37-33-21-18-15-12-9-6-3)51-58-50-47-44-41-38-35-32-25-23-20-17-14-11-8-5-2/h7,10,15-16,18-20,23-24,26,28-29,31,34,53H,4-6,8-9,11-14,17,21-22,25,27,30,32-33,35-52H2,1-3H3/b10-7-,18-15-,19-16-,23-20-,26-24-,29-28-,34-31-. The number of hydrogen-bond acceptors (Lipinski definition) is 5. The molecule has 0 heterocycles. The summed E-state index contributed by atoms with van der Waals surface area (Å²) in [7, 11) is 0. The zero-order valence-electron chi connectivity index (χ0n) is 39.5. The molecule has 0 amide bonds. The maximum absolute atomic E-state index is 12.7. The van der Waals surface area contributed by atoms with Crippen molar-refractivity contribution in [1.29, 1.82) is 0 Å². The van der Waals surface area contributed by atoms with Crippen molar-refractivity contribution in [2.75, 3.05) is 19.8 Å².